The zero-order chi connectivity index (χ0) is 33.1. The molecule has 10 N–H and O–H groups in total. The van der Waals surface area contributed by atoms with E-state index < -0.39 is 57.6 Å². The fourth-order valence-electron chi connectivity index (χ4n) is 3.74. The number of nitrogens with one attached hydrogen (secondary N) is 2. The predicted octanol–water partition coefficient (Wildman–Crippen LogP) is -1.21. The third kappa shape index (κ3) is 10.9. The number of aliphatic carboxylic acids is 1. The van der Waals surface area contributed by atoms with E-state index in [9.17, 15) is 28.9 Å². The molecule has 244 valence electrons. The number of nitrogen functional groups attached to an aromatic ring is 2. The van der Waals surface area contributed by atoms with Gasteiger partial charge in [0.1, 0.15) is 12.1 Å². The minimum absolute atomic E-state index is 0.00836. The molecule has 0 saturated carbocycles. The number of amides is 2. The van der Waals surface area contributed by atoms with Gasteiger partial charge in [0.25, 0.3) is 5.91 Å². The van der Waals surface area contributed by atoms with Crippen LogP contribution in [0.1, 0.15) is 28.9 Å². The number of hydrogen-bond donors (Lipinski definition) is 8. The van der Waals surface area contributed by atoms with Gasteiger partial charge >= 0.3 is 13.8 Å². The number of phosphoric ester groups is 1. The van der Waals surface area contributed by atoms with E-state index in [-0.39, 0.29) is 42.4 Å². The van der Waals surface area contributed by atoms with Gasteiger partial charge in [-0.3, -0.25) is 18.6 Å². The fourth-order valence-corrected chi connectivity index (χ4v) is 4.50. The number of rotatable bonds is 17. The van der Waals surface area contributed by atoms with Gasteiger partial charge < -0.3 is 47.2 Å². The van der Waals surface area contributed by atoms with Crippen molar-refractivity contribution in [1.29, 1.82) is 0 Å². The number of nitrogens with two attached hydrogens (primary N) is 2. The van der Waals surface area contributed by atoms with E-state index in [4.69, 9.17) is 21.7 Å². The van der Waals surface area contributed by atoms with E-state index in [1.54, 1.807) is 19.2 Å². The second-order valence-electron chi connectivity index (χ2n) is 9.59. The van der Waals surface area contributed by atoms with Crippen molar-refractivity contribution in [3.8, 4) is 0 Å². The molecule has 2 aromatic heterocycles. The second kappa shape index (κ2) is 16.0. The molecule has 0 aliphatic heterocycles. The number of aliphatic hydroxyl groups is 2. The highest BCUT2D eigenvalue weighted by Gasteiger charge is 2.24. The van der Waals surface area contributed by atoms with Gasteiger partial charge in [-0.2, -0.15) is 9.97 Å². The Balaban J connectivity index is 1.47. The largest absolute Gasteiger partial charge is 0.480 e. The lowest BCUT2D eigenvalue weighted by atomic mass is 10.1. The molecule has 0 radical (unpaired) electrons. The number of benzene rings is 1. The molecular weight excluding hydrogens is 617 g/mol. The van der Waals surface area contributed by atoms with Crippen LogP contribution in [0.15, 0.2) is 30.5 Å². The van der Waals surface area contributed by atoms with Gasteiger partial charge in [-0.15, -0.1) is 0 Å². The Morgan fingerprint density at radius 2 is 1.82 bits per heavy atom. The van der Waals surface area contributed by atoms with Crippen LogP contribution in [0.2, 0.25) is 0 Å². The summed E-state index contributed by atoms with van der Waals surface area (Å²) in [5.74, 6) is -2.50. The summed E-state index contributed by atoms with van der Waals surface area (Å²) in [5.41, 5.74) is 13.5. The molecule has 0 bridgehead atoms. The molecule has 2 heterocycles. The van der Waals surface area contributed by atoms with Crippen LogP contribution in [0.5, 0.6) is 0 Å². The van der Waals surface area contributed by atoms with Crippen LogP contribution in [0.25, 0.3) is 11.2 Å². The molecule has 2 amide bonds. The van der Waals surface area contributed by atoms with Crippen molar-refractivity contribution in [3.63, 3.8) is 0 Å². The maximum atomic E-state index is 12.7. The molecular formula is C25H34N9O10P. The SMILES string of the molecule is CN(Cc1cnc2nc(N)nc(N)c2n1)c1ccc(C(=O)N[C@@H](CCC(=O)NCCOP(=O)(O)OCC(O)CO)C(=O)O)cc1. The first-order chi connectivity index (χ1) is 21.3. The normalized spacial score (nSPS) is 13.9. The van der Waals surface area contributed by atoms with Crippen LogP contribution >= 0.6 is 7.82 Å². The molecule has 3 aromatic rings. The lowest BCUT2D eigenvalue weighted by molar-refractivity contribution is -0.139. The number of aromatic nitrogens is 4. The smallest absolute Gasteiger partial charge is 0.472 e. The highest BCUT2D eigenvalue weighted by molar-refractivity contribution is 7.47. The zero-order valence-corrected chi connectivity index (χ0v) is 25.0. The molecule has 2 unspecified atom stereocenters. The minimum Gasteiger partial charge on any atom is -0.480 e. The number of carboxylic acid groups (broad SMARTS) is 1. The van der Waals surface area contributed by atoms with Crippen molar-refractivity contribution in [2.75, 3.05) is 49.8 Å². The Morgan fingerprint density at radius 3 is 2.49 bits per heavy atom. The molecule has 3 atom stereocenters. The summed E-state index contributed by atoms with van der Waals surface area (Å²) < 4.78 is 20.8. The van der Waals surface area contributed by atoms with E-state index in [0.29, 0.717) is 17.8 Å². The topological polar surface area (TPSA) is 299 Å². The summed E-state index contributed by atoms with van der Waals surface area (Å²) in [4.78, 5) is 64.4. The number of nitrogens with zero attached hydrogens (tertiary/aromatic N) is 5. The van der Waals surface area contributed by atoms with Crippen molar-refractivity contribution >= 4 is 54.2 Å². The number of anilines is 3. The Bertz CT molecular complexity index is 1550. The average molecular weight is 652 g/mol. The monoisotopic (exact) mass is 651 g/mol. The van der Waals surface area contributed by atoms with Gasteiger partial charge in [0.05, 0.1) is 38.3 Å². The Morgan fingerprint density at radius 1 is 1.11 bits per heavy atom. The lowest BCUT2D eigenvalue weighted by Gasteiger charge is -2.19. The Labute approximate surface area is 256 Å². The molecule has 0 aliphatic rings. The van der Waals surface area contributed by atoms with Crippen molar-refractivity contribution in [1.82, 2.24) is 30.6 Å². The minimum atomic E-state index is -4.51. The molecule has 20 heteroatoms. The summed E-state index contributed by atoms with van der Waals surface area (Å²) in [6.45, 7) is -1.60. The van der Waals surface area contributed by atoms with Gasteiger partial charge in [-0.25, -0.2) is 19.3 Å². The fraction of sp³-hybridized carbons (Fsp3) is 0.400. The second-order valence-corrected chi connectivity index (χ2v) is 11.0. The molecule has 0 spiro atoms. The van der Waals surface area contributed by atoms with Crippen LogP contribution in [0.4, 0.5) is 17.5 Å². The van der Waals surface area contributed by atoms with E-state index in [1.807, 2.05) is 4.90 Å². The maximum absolute atomic E-state index is 12.7. The van der Waals surface area contributed by atoms with E-state index in [1.165, 1.54) is 18.3 Å². The molecule has 0 saturated heterocycles. The number of fused-ring (bicyclic) bond motifs is 1. The number of phosphoric acid groups is 1. The Kier molecular flexibility index (Phi) is 12.4. The number of carboxylic acids is 1. The van der Waals surface area contributed by atoms with E-state index >= 15 is 0 Å². The van der Waals surface area contributed by atoms with Crippen molar-refractivity contribution in [2.45, 2.75) is 31.5 Å². The van der Waals surface area contributed by atoms with Gasteiger partial charge in [0.2, 0.25) is 11.9 Å². The molecule has 3 rings (SSSR count). The third-order valence-electron chi connectivity index (χ3n) is 6.05. The number of aliphatic hydroxyl groups excluding tert-OH is 2. The van der Waals surface area contributed by atoms with Gasteiger partial charge in [0, 0.05) is 31.3 Å². The number of hydrogen-bond acceptors (Lipinski definition) is 15. The highest BCUT2D eigenvalue weighted by Crippen LogP contribution is 2.42. The average Bonchev–Trinajstić information content (AvgIpc) is 3.00. The van der Waals surface area contributed by atoms with E-state index in [0.717, 1.165) is 5.69 Å². The summed E-state index contributed by atoms with van der Waals surface area (Å²) >= 11 is 0. The summed E-state index contributed by atoms with van der Waals surface area (Å²) in [7, 11) is -2.72. The highest BCUT2D eigenvalue weighted by atomic mass is 31.2. The molecule has 19 nitrogen and oxygen atoms in total. The molecule has 0 aliphatic carbocycles. The van der Waals surface area contributed by atoms with Crippen molar-refractivity contribution in [3.05, 3.63) is 41.7 Å². The molecule has 45 heavy (non-hydrogen) atoms. The lowest BCUT2D eigenvalue weighted by Crippen LogP contribution is -2.41. The summed E-state index contributed by atoms with van der Waals surface area (Å²) in [6, 6.07) is 4.99. The van der Waals surface area contributed by atoms with Gasteiger partial charge in [0.15, 0.2) is 17.0 Å². The predicted molar refractivity (Wildman–Crippen MR) is 158 cm³/mol. The zero-order valence-electron chi connectivity index (χ0n) is 24.1. The van der Waals surface area contributed by atoms with Crippen molar-refractivity contribution in [2.24, 2.45) is 0 Å². The summed E-state index contributed by atoms with van der Waals surface area (Å²) in [5, 5.41) is 32.1. The van der Waals surface area contributed by atoms with Gasteiger partial charge in [-0.1, -0.05) is 0 Å². The Hall–Kier alpha value is -4.52. The third-order valence-corrected chi connectivity index (χ3v) is 7.04. The maximum Gasteiger partial charge on any atom is 0.472 e. The van der Waals surface area contributed by atoms with Crippen LogP contribution in [0, 0.1) is 0 Å². The quantitative estimate of drug-likeness (QED) is 0.0627. The first-order valence-corrected chi connectivity index (χ1v) is 14.8. The van der Waals surface area contributed by atoms with Crippen LogP contribution in [0.3, 0.4) is 0 Å². The number of carbonyl (C=O) groups excluding carboxylic acids is 2. The molecule has 0 fully saturated rings. The van der Waals surface area contributed by atoms with Crippen LogP contribution in [-0.4, -0.2) is 103 Å². The molecule has 1 aromatic carbocycles. The first-order valence-electron chi connectivity index (χ1n) is 13.3. The van der Waals surface area contributed by atoms with Gasteiger partial charge in [-0.05, 0) is 30.7 Å². The van der Waals surface area contributed by atoms with Crippen LogP contribution < -0.4 is 27.0 Å². The summed E-state index contributed by atoms with van der Waals surface area (Å²) in [6.07, 6.45) is -0.340. The standard InChI is InChI=1S/C25H34N9O10P/c1-34(11-15-10-29-22-20(30-15)21(26)32-25(27)33-22)16-4-2-14(3-5-16)23(38)31-18(24(39)40)6-7-19(37)28-8-9-43-45(41,42)44-13-17(36)12-35/h2-5,10,17-18,35-36H,6-9,11-13H2,1H3,(H,28,37)(H,31,38)(H,39,40)(H,41,42)(H4,26,27,29,32,33)/t17?,18-/m0/s1. The van der Waals surface area contributed by atoms with E-state index in [2.05, 4.69) is 39.6 Å². The van der Waals surface area contributed by atoms with Crippen LogP contribution in [-0.2, 0) is 29.7 Å². The number of carbonyl (C=O) groups is 3. The van der Waals surface area contributed by atoms with Crippen molar-refractivity contribution < 1.29 is 48.2 Å². The first kappa shape index (κ1) is 35.0.